The molecule has 5 rings (SSSR count). The summed E-state index contributed by atoms with van der Waals surface area (Å²) in [5.74, 6) is -1.20. The van der Waals surface area contributed by atoms with Crippen molar-refractivity contribution in [2.24, 2.45) is 0 Å². The first-order valence-electron chi connectivity index (χ1n) is 11.2. The van der Waals surface area contributed by atoms with Crippen LogP contribution in [0.2, 0.25) is 0 Å². The van der Waals surface area contributed by atoms with Crippen LogP contribution < -0.4 is 14.4 Å². The first-order chi connectivity index (χ1) is 17.4. The molecule has 3 aromatic carbocycles. The number of aliphatic hydroxyl groups is 1. The highest BCUT2D eigenvalue weighted by Gasteiger charge is 2.48. The molecule has 0 spiro atoms. The van der Waals surface area contributed by atoms with E-state index in [-0.39, 0.29) is 16.5 Å². The van der Waals surface area contributed by atoms with Crippen molar-refractivity contribution in [2.45, 2.75) is 13.0 Å². The van der Waals surface area contributed by atoms with E-state index in [2.05, 4.69) is 4.98 Å². The maximum absolute atomic E-state index is 13.8. The molecule has 182 valence electrons. The van der Waals surface area contributed by atoms with Gasteiger partial charge in [-0.15, -0.1) is 0 Å². The third kappa shape index (κ3) is 4.07. The molecule has 4 aromatic rings. The molecule has 9 heteroatoms. The van der Waals surface area contributed by atoms with Crippen molar-refractivity contribution in [3.63, 3.8) is 0 Å². The average Bonchev–Trinajstić information content (AvgIpc) is 3.42. The predicted molar refractivity (Wildman–Crippen MR) is 135 cm³/mol. The molecule has 1 saturated heterocycles. The molecule has 0 saturated carbocycles. The predicted octanol–water partition coefficient (Wildman–Crippen LogP) is 5.47. The molecular weight excluding hydrogens is 483 g/mol. The molecule has 1 amide bonds. The van der Waals surface area contributed by atoms with Crippen LogP contribution >= 0.6 is 11.3 Å². The van der Waals surface area contributed by atoms with Crippen molar-refractivity contribution >= 4 is 44.1 Å². The van der Waals surface area contributed by atoms with Gasteiger partial charge < -0.3 is 14.6 Å². The number of amides is 1. The zero-order valence-electron chi connectivity index (χ0n) is 19.4. The largest absolute Gasteiger partial charge is 0.507 e. The van der Waals surface area contributed by atoms with Crippen molar-refractivity contribution < 1.29 is 28.6 Å². The summed E-state index contributed by atoms with van der Waals surface area (Å²) in [6.07, 6.45) is 0. The number of benzene rings is 3. The van der Waals surface area contributed by atoms with Crippen LogP contribution in [0.15, 0.2) is 72.3 Å². The Bertz CT molecular complexity index is 1500. The smallest absolute Gasteiger partial charge is 0.301 e. The highest BCUT2D eigenvalue weighted by Crippen LogP contribution is 2.44. The van der Waals surface area contributed by atoms with Gasteiger partial charge in [-0.1, -0.05) is 23.5 Å². The van der Waals surface area contributed by atoms with E-state index in [0.717, 1.165) is 11.3 Å². The number of anilines is 1. The van der Waals surface area contributed by atoms with Gasteiger partial charge in [-0.2, -0.15) is 0 Å². The van der Waals surface area contributed by atoms with Crippen LogP contribution in [0, 0.1) is 5.82 Å². The maximum Gasteiger partial charge on any atom is 0.301 e. The molecular formula is C27H21FN2O5S. The number of fused-ring (bicyclic) bond motifs is 1. The van der Waals surface area contributed by atoms with E-state index in [0.29, 0.717) is 39.4 Å². The van der Waals surface area contributed by atoms with E-state index < -0.39 is 23.5 Å². The van der Waals surface area contributed by atoms with Crippen molar-refractivity contribution in [3.8, 4) is 11.5 Å². The highest BCUT2D eigenvalue weighted by molar-refractivity contribution is 7.22. The third-order valence-corrected chi connectivity index (χ3v) is 6.88. The van der Waals surface area contributed by atoms with Crippen molar-refractivity contribution in [3.05, 3.63) is 89.2 Å². The number of halogens is 1. The zero-order valence-corrected chi connectivity index (χ0v) is 20.2. The Morgan fingerprint density at radius 1 is 1.06 bits per heavy atom. The van der Waals surface area contributed by atoms with E-state index in [9.17, 15) is 19.1 Å². The van der Waals surface area contributed by atoms with Gasteiger partial charge in [-0.05, 0) is 67.1 Å². The monoisotopic (exact) mass is 504 g/mol. The van der Waals surface area contributed by atoms with E-state index in [1.165, 1.54) is 30.2 Å². The van der Waals surface area contributed by atoms with E-state index in [4.69, 9.17) is 9.47 Å². The van der Waals surface area contributed by atoms with Crippen LogP contribution in [-0.4, -0.2) is 35.5 Å². The number of Topliss-reactive ketones (excluding diaryl/α,β-unsaturated/α-hetero) is 1. The zero-order chi connectivity index (χ0) is 25.4. The lowest BCUT2D eigenvalue weighted by Crippen LogP contribution is -2.29. The van der Waals surface area contributed by atoms with Crippen LogP contribution in [0.3, 0.4) is 0 Å². The number of methoxy groups -OCH3 is 1. The fourth-order valence-electron chi connectivity index (χ4n) is 4.15. The number of thiazole rings is 1. The van der Waals surface area contributed by atoms with Gasteiger partial charge in [0.1, 0.15) is 23.1 Å². The lowest BCUT2D eigenvalue weighted by Gasteiger charge is -2.23. The molecule has 0 unspecified atom stereocenters. The van der Waals surface area contributed by atoms with Crippen LogP contribution in [0.1, 0.15) is 24.1 Å². The minimum absolute atomic E-state index is 0.0697. The molecule has 1 aliphatic heterocycles. The summed E-state index contributed by atoms with van der Waals surface area (Å²) in [5.41, 5.74) is 1.37. The van der Waals surface area contributed by atoms with Gasteiger partial charge in [-0.3, -0.25) is 14.5 Å². The average molecular weight is 505 g/mol. The maximum atomic E-state index is 13.8. The molecule has 36 heavy (non-hydrogen) atoms. The minimum atomic E-state index is -0.951. The van der Waals surface area contributed by atoms with Crippen molar-refractivity contribution in [2.75, 3.05) is 18.6 Å². The van der Waals surface area contributed by atoms with Crippen LogP contribution in [-0.2, 0) is 9.59 Å². The van der Waals surface area contributed by atoms with Crippen LogP contribution in [0.5, 0.6) is 11.5 Å². The first kappa shape index (κ1) is 23.5. The second-order valence-corrected chi connectivity index (χ2v) is 9.02. The van der Waals surface area contributed by atoms with Gasteiger partial charge >= 0.3 is 5.91 Å². The number of ketones is 1. The van der Waals surface area contributed by atoms with Gasteiger partial charge in [0.2, 0.25) is 0 Å². The fourth-order valence-corrected chi connectivity index (χ4v) is 5.17. The summed E-state index contributed by atoms with van der Waals surface area (Å²) in [7, 11) is 1.53. The Morgan fingerprint density at radius 3 is 2.42 bits per heavy atom. The molecule has 1 N–H and O–H groups in total. The number of rotatable bonds is 6. The summed E-state index contributed by atoms with van der Waals surface area (Å²) in [6, 6.07) is 16.7. The minimum Gasteiger partial charge on any atom is -0.507 e. The van der Waals surface area contributed by atoms with Gasteiger partial charge in [0.25, 0.3) is 5.78 Å². The standard InChI is InChI=1S/C27H21FN2O5S/c1-3-35-19-11-6-16(7-12-19)24(31)22-23(15-4-9-18(34-2)10-5-15)30(26(33)25(22)32)27-29-20-13-8-17(28)14-21(20)36-27/h4-14,23,31H,3H2,1-2H3/b24-22+/t23-/m0/s1. The summed E-state index contributed by atoms with van der Waals surface area (Å²) in [6.45, 7) is 2.35. The third-order valence-electron chi connectivity index (χ3n) is 5.86. The number of carbonyl (C=O) groups excluding carboxylic acids is 2. The normalized spacial score (nSPS) is 17.1. The number of ether oxygens (including phenoxy) is 2. The van der Waals surface area contributed by atoms with Crippen molar-refractivity contribution in [1.82, 2.24) is 4.98 Å². The lowest BCUT2D eigenvalue weighted by atomic mass is 9.95. The van der Waals surface area contributed by atoms with Gasteiger partial charge in [0, 0.05) is 5.56 Å². The van der Waals surface area contributed by atoms with Crippen LogP contribution in [0.25, 0.3) is 16.0 Å². The molecule has 0 bridgehead atoms. The molecule has 1 fully saturated rings. The summed E-state index contributed by atoms with van der Waals surface area (Å²) in [5, 5.41) is 11.5. The topological polar surface area (TPSA) is 89.0 Å². The number of hydrogen-bond acceptors (Lipinski definition) is 7. The Labute approximate surface area is 210 Å². The molecule has 7 nitrogen and oxygen atoms in total. The lowest BCUT2D eigenvalue weighted by molar-refractivity contribution is -0.132. The Kier molecular flexibility index (Phi) is 6.15. The van der Waals surface area contributed by atoms with Gasteiger partial charge in [0.15, 0.2) is 5.13 Å². The second-order valence-electron chi connectivity index (χ2n) is 8.01. The van der Waals surface area contributed by atoms with Crippen molar-refractivity contribution in [1.29, 1.82) is 0 Å². The second kappa shape index (κ2) is 9.43. The molecule has 0 radical (unpaired) electrons. The van der Waals surface area contributed by atoms with Gasteiger partial charge in [0.05, 0.1) is 35.5 Å². The number of nitrogens with zero attached hydrogens (tertiary/aromatic N) is 2. The quantitative estimate of drug-likeness (QED) is 0.213. The summed E-state index contributed by atoms with van der Waals surface area (Å²) < 4.78 is 25.0. The van der Waals surface area contributed by atoms with E-state index in [1.54, 1.807) is 48.5 Å². The molecule has 1 aromatic heterocycles. The number of hydrogen-bond donors (Lipinski definition) is 1. The number of aromatic nitrogens is 1. The summed E-state index contributed by atoms with van der Waals surface area (Å²) in [4.78, 5) is 32.4. The molecule has 1 atom stereocenters. The molecule has 0 aliphatic carbocycles. The Morgan fingerprint density at radius 2 is 1.75 bits per heavy atom. The molecule has 1 aliphatic rings. The fraction of sp³-hybridized carbons (Fsp3) is 0.148. The highest BCUT2D eigenvalue weighted by atomic mass is 32.1. The Hall–Kier alpha value is -4.24. The van der Waals surface area contributed by atoms with E-state index in [1.807, 2.05) is 6.92 Å². The first-order valence-corrected chi connectivity index (χ1v) is 12.0. The number of aliphatic hydroxyl groups excluding tert-OH is 1. The van der Waals surface area contributed by atoms with E-state index >= 15 is 0 Å². The van der Waals surface area contributed by atoms with Gasteiger partial charge in [-0.25, -0.2) is 9.37 Å². The molecule has 2 heterocycles. The summed E-state index contributed by atoms with van der Waals surface area (Å²) >= 11 is 1.09. The van der Waals surface area contributed by atoms with Crippen LogP contribution in [0.4, 0.5) is 9.52 Å². The SMILES string of the molecule is CCOc1ccc(/C(O)=C2\C(=O)C(=O)N(c3nc4ccc(F)cc4s3)[C@H]2c2ccc(OC)cc2)cc1. The number of carbonyl (C=O) groups is 2. The Balaban J connectivity index is 1.68.